The highest BCUT2D eigenvalue weighted by Gasteiger charge is 2.12. The van der Waals surface area contributed by atoms with Crippen LogP contribution in [0.15, 0.2) is 22.7 Å². The molecule has 4 heteroatoms. The summed E-state index contributed by atoms with van der Waals surface area (Å²) in [6.45, 7) is 1.76. The van der Waals surface area contributed by atoms with E-state index in [0.29, 0.717) is 5.56 Å². The van der Waals surface area contributed by atoms with Gasteiger partial charge in [-0.2, -0.15) is 0 Å². The van der Waals surface area contributed by atoms with Gasteiger partial charge in [-0.25, -0.2) is 5.90 Å². The third kappa shape index (κ3) is 1.77. The average Bonchev–Trinajstić information content (AvgIpc) is 2.03. The van der Waals surface area contributed by atoms with Gasteiger partial charge in [0.2, 0.25) is 0 Å². The first-order valence-corrected chi connectivity index (χ1v) is 4.29. The van der Waals surface area contributed by atoms with E-state index in [1.807, 2.05) is 6.07 Å². The Kier molecular flexibility index (Phi) is 3.08. The minimum Gasteiger partial charge on any atom is -0.508 e. The monoisotopic (exact) mass is 231 g/mol. The molecule has 3 N–H and O–H groups in total. The molecule has 0 aliphatic carbocycles. The van der Waals surface area contributed by atoms with Gasteiger partial charge >= 0.3 is 0 Å². The molecule has 0 bridgehead atoms. The zero-order valence-corrected chi connectivity index (χ0v) is 8.21. The minimum atomic E-state index is -0.319. The number of halogens is 1. The van der Waals surface area contributed by atoms with Crippen molar-refractivity contribution in [1.82, 2.24) is 0 Å². The zero-order chi connectivity index (χ0) is 9.14. The van der Waals surface area contributed by atoms with Crippen LogP contribution in [0.5, 0.6) is 5.75 Å². The summed E-state index contributed by atoms with van der Waals surface area (Å²) in [6.07, 6.45) is -0.319. The maximum Gasteiger partial charge on any atom is 0.122 e. The summed E-state index contributed by atoms with van der Waals surface area (Å²) >= 11 is 3.29. The Morgan fingerprint density at radius 3 is 2.75 bits per heavy atom. The zero-order valence-electron chi connectivity index (χ0n) is 6.62. The summed E-state index contributed by atoms with van der Waals surface area (Å²) in [7, 11) is 0. The van der Waals surface area contributed by atoms with Gasteiger partial charge in [0.15, 0.2) is 0 Å². The fraction of sp³-hybridized carbons (Fsp3) is 0.250. The van der Waals surface area contributed by atoms with Crippen molar-refractivity contribution in [1.29, 1.82) is 0 Å². The largest absolute Gasteiger partial charge is 0.508 e. The van der Waals surface area contributed by atoms with Gasteiger partial charge in [0.25, 0.3) is 0 Å². The van der Waals surface area contributed by atoms with Crippen LogP contribution >= 0.6 is 15.9 Å². The second-order valence-electron chi connectivity index (χ2n) is 2.45. The first kappa shape index (κ1) is 9.51. The number of hydrogen-bond donors (Lipinski definition) is 2. The highest BCUT2D eigenvalue weighted by molar-refractivity contribution is 9.10. The summed E-state index contributed by atoms with van der Waals surface area (Å²) < 4.78 is 0.792. The van der Waals surface area contributed by atoms with Crippen molar-refractivity contribution in [2.45, 2.75) is 13.0 Å². The summed E-state index contributed by atoms with van der Waals surface area (Å²) in [6, 6.07) is 5.16. The van der Waals surface area contributed by atoms with Crippen molar-refractivity contribution in [2.24, 2.45) is 5.90 Å². The lowest BCUT2D eigenvalue weighted by Crippen LogP contribution is -2.06. The summed E-state index contributed by atoms with van der Waals surface area (Å²) in [4.78, 5) is 4.61. The second kappa shape index (κ2) is 3.89. The highest BCUT2D eigenvalue weighted by Crippen LogP contribution is 2.32. The van der Waals surface area contributed by atoms with Gasteiger partial charge in [-0.05, 0) is 19.1 Å². The van der Waals surface area contributed by atoms with E-state index in [1.165, 1.54) is 0 Å². The molecule has 0 saturated heterocycles. The van der Waals surface area contributed by atoms with E-state index < -0.39 is 0 Å². The standard InChI is InChI=1S/C8H10BrNO2/c1-5(12-10)8-6(9)3-2-4-7(8)11/h2-5,11H,10H2,1H3. The third-order valence-electron chi connectivity index (χ3n) is 1.64. The van der Waals surface area contributed by atoms with Gasteiger partial charge in [-0.3, -0.25) is 4.84 Å². The number of hydrogen-bond acceptors (Lipinski definition) is 3. The van der Waals surface area contributed by atoms with Crippen LogP contribution < -0.4 is 5.90 Å². The fourth-order valence-corrected chi connectivity index (χ4v) is 1.67. The second-order valence-corrected chi connectivity index (χ2v) is 3.31. The Hall–Kier alpha value is -0.580. The van der Waals surface area contributed by atoms with Gasteiger partial charge in [-0.1, -0.05) is 22.0 Å². The predicted molar refractivity (Wildman–Crippen MR) is 49.5 cm³/mol. The molecule has 1 atom stereocenters. The lowest BCUT2D eigenvalue weighted by atomic mass is 10.1. The normalized spacial score (nSPS) is 12.9. The number of phenolic OH excluding ortho intramolecular Hbond substituents is 1. The minimum absolute atomic E-state index is 0.183. The van der Waals surface area contributed by atoms with Crippen LogP contribution in [0, 0.1) is 0 Å². The van der Waals surface area contributed by atoms with Crippen LogP contribution in [0.3, 0.4) is 0 Å². The Morgan fingerprint density at radius 1 is 1.58 bits per heavy atom. The van der Waals surface area contributed by atoms with E-state index in [-0.39, 0.29) is 11.9 Å². The Bertz CT molecular complexity index is 258. The molecule has 0 heterocycles. The first-order chi connectivity index (χ1) is 5.66. The number of aromatic hydroxyl groups is 1. The van der Waals surface area contributed by atoms with Gasteiger partial charge in [0, 0.05) is 10.0 Å². The molecule has 0 aliphatic heterocycles. The van der Waals surface area contributed by atoms with Crippen molar-refractivity contribution in [3.8, 4) is 5.75 Å². The van der Waals surface area contributed by atoms with Crippen molar-refractivity contribution >= 4 is 15.9 Å². The molecule has 1 aromatic carbocycles. The van der Waals surface area contributed by atoms with Crippen molar-refractivity contribution in [3.63, 3.8) is 0 Å². The van der Waals surface area contributed by atoms with E-state index >= 15 is 0 Å². The van der Waals surface area contributed by atoms with Crippen LogP contribution in [-0.4, -0.2) is 5.11 Å². The topological polar surface area (TPSA) is 55.5 Å². The van der Waals surface area contributed by atoms with Crippen LogP contribution in [0.25, 0.3) is 0 Å². The van der Waals surface area contributed by atoms with Crippen molar-refractivity contribution < 1.29 is 9.94 Å². The molecule has 0 aliphatic rings. The van der Waals surface area contributed by atoms with E-state index in [1.54, 1.807) is 19.1 Å². The van der Waals surface area contributed by atoms with E-state index in [2.05, 4.69) is 20.8 Å². The Balaban J connectivity index is 3.12. The molecular formula is C8H10BrNO2. The van der Waals surface area contributed by atoms with Crippen LogP contribution in [0.1, 0.15) is 18.6 Å². The molecule has 0 saturated carbocycles. The van der Waals surface area contributed by atoms with E-state index in [4.69, 9.17) is 5.90 Å². The highest BCUT2D eigenvalue weighted by atomic mass is 79.9. The average molecular weight is 232 g/mol. The van der Waals surface area contributed by atoms with E-state index in [0.717, 1.165) is 4.47 Å². The third-order valence-corrected chi connectivity index (χ3v) is 2.33. The van der Waals surface area contributed by atoms with Gasteiger partial charge in [-0.15, -0.1) is 0 Å². The molecule has 0 amide bonds. The molecule has 1 aromatic rings. The number of rotatable bonds is 2. The first-order valence-electron chi connectivity index (χ1n) is 3.49. The molecule has 1 unspecified atom stereocenters. The summed E-state index contributed by atoms with van der Waals surface area (Å²) in [5, 5.41) is 9.43. The molecule has 66 valence electrons. The maximum absolute atomic E-state index is 9.43. The Morgan fingerprint density at radius 2 is 2.25 bits per heavy atom. The molecule has 0 spiro atoms. The SMILES string of the molecule is CC(ON)c1c(O)cccc1Br. The Labute approximate surface area is 79.2 Å². The molecule has 0 radical (unpaired) electrons. The number of nitrogens with two attached hydrogens (primary N) is 1. The van der Waals surface area contributed by atoms with E-state index in [9.17, 15) is 5.11 Å². The molecule has 3 nitrogen and oxygen atoms in total. The fourth-order valence-electron chi connectivity index (χ4n) is 0.996. The smallest absolute Gasteiger partial charge is 0.122 e. The maximum atomic E-state index is 9.43. The van der Waals surface area contributed by atoms with Gasteiger partial charge < -0.3 is 5.11 Å². The van der Waals surface area contributed by atoms with Crippen molar-refractivity contribution in [2.75, 3.05) is 0 Å². The molecule has 0 aromatic heterocycles. The van der Waals surface area contributed by atoms with Crippen LogP contribution in [-0.2, 0) is 4.84 Å². The lowest BCUT2D eigenvalue weighted by molar-refractivity contribution is 0.0642. The molecule has 12 heavy (non-hydrogen) atoms. The predicted octanol–water partition coefficient (Wildman–Crippen LogP) is 2.11. The van der Waals surface area contributed by atoms with Crippen molar-refractivity contribution in [3.05, 3.63) is 28.2 Å². The van der Waals surface area contributed by atoms with Gasteiger partial charge in [0.1, 0.15) is 11.9 Å². The molecule has 0 fully saturated rings. The number of phenols is 1. The number of benzene rings is 1. The van der Waals surface area contributed by atoms with Crippen LogP contribution in [0.4, 0.5) is 0 Å². The summed E-state index contributed by atoms with van der Waals surface area (Å²) in [5.41, 5.74) is 0.667. The molecule has 1 rings (SSSR count). The molecular weight excluding hydrogens is 222 g/mol. The van der Waals surface area contributed by atoms with Crippen LogP contribution in [0.2, 0.25) is 0 Å². The quantitative estimate of drug-likeness (QED) is 0.767. The summed E-state index contributed by atoms with van der Waals surface area (Å²) in [5.74, 6) is 5.19. The van der Waals surface area contributed by atoms with Gasteiger partial charge in [0.05, 0.1) is 0 Å². The lowest BCUT2D eigenvalue weighted by Gasteiger charge is -2.12.